The number of hydrogen-bond donors (Lipinski definition) is 1. The highest BCUT2D eigenvalue weighted by atomic mass is 16.3. The Morgan fingerprint density at radius 3 is 2.40 bits per heavy atom. The molecule has 1 saturated heterocycles. The molecule has 1 fully saturated rings. The maximum atomic E-state index is 12.7. The SMILES string of the molecule is O=C1NC(=O)N(c2ccccc2)C(=O)/C1=C/c1cc2ccccc2o1. The van der Waals surface area contributed by atoms with Crippen LogP contribution in [0.3, 0.4) is 0 Å². The summed E-state index contributed by atoms with van der Waals surface area (Å²) in [5.41, 5.74) is 0.865. The number of fused-ring (bicyclic) bond motifs is 1. The Hall–Kier alpha value is -3.67. The van der Waals surface area contributed by atoms with Crippen molar-refractivity contribution >= 4 is 40.6 Å². The zero-order valence-corrected chi connectivity index (χ0v) is 12.9. The third kappa shape index (κ3) is 2.59. The largest absolute Gasteiger partial charge is 0.457 e. The highest BCUT2D eigenvalue weighted by molar-refractivity contribution is 6.39. The van der Waals surface area contributed by atoms with Crippen molar-refractivity contribution in [3.8, 4) is 0 Å². The van der Waals surface area contributed by atoms with E-state index in [1.807, 2.05) is 18.2 Å². The molecule has 1 aliphatic rings. The van der Waals surface area contributed by atoms with Gasteiger partial charge in [0, 0.05) is 5.39 Å². The van der Waals surface area contributed by atoms with Crippen LogP contribution in [0.15, 0.2) is 70.7 Å². The number of para-hydroxylation sites is 2. The minimum absolute atomic E-state index is 0.164. The summed E-state index contributed by atoms with van der Waals surface area (Å²) in [4.78, 5) is 37.8. The molecule has 0 aliphatic carbocycles. The first-order chi connectivity index (χ1) is 12.1. The summed E-state index contributed by atoms with van der Waals surface area (Å²) in [6.07, 6.45) is 1.35. The Labute approximate surface area is 142 Å². The Kier molecular flexibility index (Phi) is 3.43. The van der Waals surface area contributed by atoms with E-state index in [4.69, 9.17) is 4.42 Å². The molecular weight excluding hydrogens is 320 g/mol. The number of anilines is 1. The predicted molar refractivity (Wildman–Crippen MR) is 91.7 cm³/mol. The van der Waals surface area contributed by atoms with E-state index in [1.54, 1.807) is 42.5 Å². The second kappa shape index (κ2) is 5.76. The lowest BCUT2D eigenvalue weighted by Crippen LogP contribution is -2.54. The summed E-state index contributed by atoms with van der Waals surface area (Å²) in [7, 11) is 0. The van der Waals surface area contributed by atoms with Crippen molar-refractivity contribution in [1.29, 1.82) is 0 Å². The topological polar surface area (TPSA) is 79.6 Å². The van der Waals surface area contributed by atoms with Crippen molar-refractivity contribution in [2.24, 2.45) is 0 Å². The first-order valence-corrected chi connectivity index (χ1v) is 7.58. The van der Waals surface area contributed by atoms with Crippen LogP contribution in [-0.4, -0.2) is 17.8 Å². The fraction of sp³-hybridized carbons (Fsp3) is 0. The Balaban J connectivity index is 1.76. The van der Waals surface area contributed by atoms with Gasteiger partial charge < -0.3 is 4.42 Å². The second-order valence-electron chi connectivity index (χ2n) is 5.48. The number of rotatable bonds is 2. The quantitative estimate of drug-likeness (QED) is 0.578. The number of benzene rings is 2. The number of nitrogens with zero attached hydrogens (tertiary/aromatic N) is 1. The van der Waals surface area contributed by atoms with E-state index in [1.165, 1.54) is 6.08 Å². The molecule has 2 heterocycles. The number of amides is 4. The van der Waals surface area contributed by atoms with Crippen LogP contribution in [0, 0.1) is 0 Å². The second-order valence-corrected chi connectivity index (χ2v) is 5.48. The van der Waals surface area contributed by atoms with Crippen molar-refractivity contribution in [3.63, 3.8) is 0 Å². The van der Waals surface area contributed by atoms with Gasteiger partial charge in [0.2, 0.25) is 0 Å². The van der Waals surface area contributed by atoms with Crippen molar-refractivity contribution in [1.82, 2.24) is 5.32 Å². The molecule has 1 aliphatic heterocycles. The number of carbonyl (C=O) groups is 3. The molecule has 0 atom stereocenters. The van der Waals surface area contributed by atoms with Gasteiger partial charge in [-0.1, -0.05) is 36.4 Å². The first kappa shape index (κ1) is 14.9. The number of furan rings is 1. The number of imide groups is 2. The average molecular weight is 332 g/mol. The average Bonchev–Trinajstić information content (AvgIpc) is 3.02. The Bertz CT molecular complexity index is 1000. The number of nitrogens with one attached hydrogen (secondary N) is 1. The normalized spacial score (nSPS) is 16.6. The van der Waals surface area contributed by atoms with Gasteiger partial charge in [-0.3, -0.25) is 14.9 Å². The smallest absolute Gasteiger partial charge is 0.335 e. The van der Waals surface area contributed by atoms with Gasteiger partial charge >= 0.3 is 6.03 Å². The fourth-order valence-electron chi connectivity index (χ4n) is 2.68. The molecule has 2 aromatic carbocycles. The van der Waals surface area contributed by atoms with Gasteiger partial charge in [0.1, 0.15) is 16.9 Å². The first-order valence-electron chi connectivity index (χ1n) is 7.58. The minimum atomic E-state index is -0.775. The third-order valence-corrected chi connectivity index (χ3v) is 3.85. The van der Waals surface area contributed by atoms with E-state index in [2.05, 4.69) is 5.32 Å². The van der Waals surface area contributed by atoms with E-state index in [0.29, 0.717) is 17.0 Å². The molecule has 0 radical (unpaired) electrons. The Morgan fingerprint density at radius 1 is 0.920 bits per heavy atom. The molecule has 25 heavy (non-hydrogen) atoms. The highest BCUT2D eigenvalue weighted by Crippen LogP contribution is 2.24. The van der Waals surface area contributed by atoms with Gasteiger partial charge in [-0.2, -0.15) is 0 Å². The van der Waals surface area contributed by atoms with Gasteiger partial charge in [0.05, 0.1) is 5.69 Å². The zero-order chi connectivity index (χ0) is 17.4. The molecular formula is C19H12N2O4. The lowest BCUT2D eigenvalue weighted by molar-refractivity contribution is -0.122. The lowest BCUT2D eigenvalue weighted by Gasteiger charge is -2.26. The van der Waals surface area contributed by atoms with Gasteiger partial charge in [0.15, 0.2) is 0 Å². The molecule has 1 N–H and O–H groups in total. The molecule has 1 aromatic heterocycles. The van der Waals surface area contributed by atoms with Gasteiger partial charge in [-0.15, -0.1) is 0 Å². The number of carbonyl (C=O) groups excluding carboxylic acids is 3. The van der Waals surface area contributed by atoms with Crippen molar-refractivity contribution < 1.29 is 18.8 Å². The molecule has 0 unspecified atom stereocenters. The summed E-state index contributed by atoms with van der Waals surface area (Å²) in [6.45, 7) is 0. The summed E-state index contributed by atoms with van der Waals surface area (Å²) in [5, 5.41) is 3.04. The fourth-order valence-corrected chi connectivity index (χ4v) is 2.68. The van der Waals surface area contributed by atoms with Crippen LogP contribution < -0.4 is 10.2 Å². The van der Waals surface area contributed by atoms with Crippen LogP contribution in [0.1, 0.15) is 5.76 Å². The van der Waals surface area contributed by atoms with Crippen molar-refractivity contribution in [3.05, 3.63) is 72.0 Å². The summed E-state index contributed by atoms with van der Waals surface area (Å²) < 4.78 is 5.62. The van der Waals surface area contributed by atoms with Gasteiger partial charge in [-0.25, -0.2) is 9.69 Å². The zero-order valence-electron chi connectivity index (χ0n) is 12.9. The molecule has 4 amide bonds. The van der Waals surface area contributed by atoms with Crippen LogP contribution in [-0.2, 0) is 9.59 Å². The monoisotopic (exact) mass is 332 g/mol. The molecule has 6 heteroatoms. The number of hydrogen-bond acceptors (Lipinski definition) is 4. The number of barbiturate groups is 1. The van der Waals surface area contributed by atoms with Crippen LogP contribution >= 0.6 is 0 Å². The van der Waals surface area contributed by atoms with Crippen LogP contribution in [0.25, 0.3) is 17.0 Å². The Morgan fingerprint density at radius 2 is 1.64 bits per heavy atom. The summed E-state index contributed by atoms with van der Waals surface area (Å²) >= 11 is 0. The van der Waals surface area contributed by atoms with Crippen molar-refractivity contribution in [2.75, 3.05) is 4.90 Å². The van der Waals surface area contributed by atoms with Crippen LogP contribution in [0.5, 0.6) is 0 Å². The maximum absolute atomic E-state index is 12.7. The minimum Gasteiger partial charge on any atom is -0.457 e. The molecule has 0 spiro atoms. The molecule has 4 rings (SSSR count). The van der Waals surface area contributed by atoms with Crippen molar-refractivity contribution in [2.45, 2.75) is 0 Å². The maximum Gasteiger partial charge on any atom is 0.335 e. The molecule has 6 nitrogen and oxygen atoms in total. The predicted octanol–water partition coefficient (Wildman–Crippen LogP) is 3.10. The number of urea groups is 1. The molecule has 0 saturated carbocycles. The summed E-state index contributed by atoms with van der Waals surface area (Å²) in [6, 6.07) is 16.7. The molecule has 122 valence electrons. The molecule has 0 bridgehead atoms. The highest BCUT2D eigenvalue weighted by Gasteiger charge is 2.36. The summed E-state index contributed by atoms with van der Waals surface area (Å²) in [5.74, 6) is -1.08. The van der Waals surface area contributed by atoms with E-state index in [-0.39, 0.29) is 5.57 Å². The third-order valence-electron chi connectivity index (χ3n) is 3.85. The molecule has 3 aromatic rings. The van der Waals surface area contributed by atoms with Crippen LogP contribution in [0.2, 0.25) is 0 Å². The van der Waals surface area contributed by atoms with E-state index >= 15 is 0 Å². The standard InChI is InChI=1S/C19H12N2O4/c22-17-15(11-14-10-12-6-4-5-9-16(12)25-14)18(23)21(19(24)20-17)13-7-2-1-3-8-13/h1-11H,(H,20,22,24)/b15-11+. The van der Waals surface area contributed by atoms with Crippen LogP contribution in [0.4, 0.5) is 10.5 Å². The van der Waals surface area contributed by atoms with Gasteiger partial charge in [-0.05, 0) is 30.3 Å². The van der Waals surface area contributed by atoms with E-state index < -0.39 is 17.8 Å². The van der Waals surface area contributed by atoms with Gasteiger partial charge in [0.25, 0.3) is 11.8 Å². The lowest BCUT2D eigenvalue weighted by atomic mass is 10.1. The van der Waals surface area contributed by atoms with E-state index in [9.17, 15) is 14.4 Å². The van der Waals surface area contributed by atoms with E-state index in [0.717, 1.165) is 10.3 Å².